The van der Waals surface area contributed by atoms with E-state index in [1.165, 1.54) is 7.05 Å². The maximum atomic E-state index is 12.8. The Morgan fingerprint density at radius 2 is 1.67 bits per heavy atom. The second-order valence-electron chi connectivity index (χ2n) is 6.33. The summed E-state index contributed by atoms with van der Waals surface area (Å²) in [6.45, 7) is 7.49. The van der Waals surface area contributed by atoms with Crippen molar-refractivity contribution in [1.82, 2.24) is 34.8 Å². The number of carbonyl (C=O) groups excluding carboxylic acids is 1. The van der Waals surface area contributed by atoms with Crippen molar-refractivity contribution < 1.29 is 18.0 Å². The van der Waals surface area contributed by atoms with Crippen LogP contribution in [0, 0.1) is 6.92 Å². The molecule has 0 radical (unpaired) electrons. The summed E-state index contributed by atoms with van der Waals surface area (Å²) in [5.41, 5.74) is 0.705. The van der Waals surface area contributed by atoms with Crippen molar-refractivity contribution >= 4 is 5.91 Å². The quantitative estimate of drug-likeness (QED) is 0.694. The molecule has 162 valence electrons. The van der Waals surface area contributed by atoms with Crippen molar-refractivity contribution in [3.05, 3.63) is 47.4 Å². The topological polar surface area (TPSA) is 90.5 Å². The molecule has 0 aliphatic rings. The maximum absolute atomic E-state index is 12.8. The van der Waals surface area contributed by atoms with Crippen LogP contribution in [-0.4, -0.2) is 35.4 Å². The van der Waals surface area contributed by atoms with Gasteiger partial charge in [0.25, 0.3) is 5.91 Å². The highest BCUT2D eigenvalue weighted by Gasteiger charge is 2.35. The molecule has 3 heterocycles. The predicted octanol–water partition coefficient (Wildman–Crippen LogP) is 3.46. The average Bonchev–Trinajstić information content (AvgIpc) is 3.27. The van der Waals surface area contributed by atoms with Gasteiger partial charge in [0, 0.05) is 38.1 Å². The third kappa shape index (κ3) is 5.02. The van der Waals surface area contributed by atoms with E-state index < -0.39 is 23.8 Å². The molecule has 1 N–H and O–H groups in total. The van der Waals surface area contributed by atoms with Crippen LogP contribution >= 0.6 is 0 Å². The number of nitrogens with zero attached hydrogens (tertiary/aromatic N) is 6. The van der Waals surface area contributed by atoms with Crippen molar-refractivity contribution in [1.29, 1.82) is 0 Å². The maximum Gasteiger partial charge on any atom is 0.435 e. The van der Waals surface area contributed by atoms with Gasteiger partial charge >= 0.3 is 6.18 Å². The van der Waals surface area contributed by atoms with Gasteiger partial charge < -0.3 is 5.32 Å². The Bertz CT molecular complexity index is 1010. The van der Waals surface area contributed by atoms with Crippen LogP contribution in [0.5, 0.6) is 0 Å². The van der Waals surface area contributed by atoms with Crippen LogP contribution < -0.4 is 5.32 Å². The van der Waals surface area contributed by atoms with Gasteiger partial charge in [-0.1, -0.05) is 13.8 Å². The third-order valence-corrected chi connectivity index (χ3v) is 4.19. The SMILES string of the molecule is CC.Cc1ncc(-c2cc(C(C)NC(=O)c3cc(C(F)(F)F)nn3C)n(C)n2)cn1. The lowest BCUT2D eigenvalue weighted by Gasteiger charge is -2.14. The number of alkyl halides is 3. The van der Waals surface area contributed by atoms with Gasteiger partial charge in [-0.2, -0.15) is 23.4 Å². The highest BCUT2D eigenvalue weighted by atomic mass is 19.4. The number of aryl methyl sites for hydroxylation is 3. The fourth-order valence-corrected chi connectivity index (χ4v) is 2.72. The smallest absolute Gasteiger partial charge is 0.343 e. The lowest BCUT2D eigenvalue weighted by atomic mass is 10.1. The molecular formula is C19H24F3N7O. The Morgan fingerprint density at radius 1 is 1.07 bits per heavy atom. The second-order valence-corrected chi connectivity index (χ2v) is 6.33. The number of hydrogen-bond acceptors (Lipinski definition) is 5. The molecule has 11 heteroatoms. The average molecular weight is 423 g/mol. The normalized spacial score (nSPS) is 12.2. The minimum Gasteiger partial charge on any atom is -0.343 e. The van der Waals surface area contributed by atoms with Gasteiger partial charge in [-0.25, -0.2) is 9.97 Å². The molecule has 1 unspecified atom stereocenters. The predicted molar refractivity (Wildman–Crippen MR) is 104 cm³/mol. The first kappa shape index (κ1) is 23.0. The fourth-order valence-electron chi connectivity index (χ4n) is 2.72. The van der Waals surface area contributed by atoms with Crippen LogP contribution in [0.25, 0.3) is 11.3 Å². The zero-order valence-corrected chi connectivity index (χ0v) is 17.6. The largest absolute Gasteiger partial charge is 0.435 e. The van der Waals surface area contributed by atoms with Crippen LogP contribution in [0.15, 0.2) is 24.5 Å². The molecular weight excluding hydrogens is 399 g/mol. The van der Waals surface area contributed by atoms with Gasteiger partial charge in [-0.15, -0.1) is 0 Å². The number of aromatic nitrogens is 6. The first-order chi connectivity index (χ1) is 14.1. The minimum absolute atomic E-state index is 0.187. The molecule has 0 fully saturated rings. The highest BCUT2D eigenvalue weighted by molar-refractivity contribution is 5.93. The van der Waals surface area contributed by atoms with E-state index in [2.05, 4.69) is 25.5 Å². The zero-order chi connectivity index (χ0) is 22.6. The summed E-state index contributed by atoms with van der Waals surface area (Å²) in [7, 11) is 3.00. The number of halogens is 3. The molecule has 0 saturated carbocycles. The monoisotopic (exact) mass is 423 g/mol. The van der Waals surface area contributed by atoms with E-state index in [4.69, 9.17) is 0 Å². The summed E-state index contributed by atoms with van der Waals surface area (Å²) in [5.74, 6) is -0.0330. The van der Waals surface area contributed by atoms with Gasteiger partial charge in [0.1, 0.15) is 11.5 Å². The summed E-state index contributed by atoms with van der Waals surface area (Å²) in [6, 6.07) is 1.98. The second kappa shape index (κ2) is 9.06. The highest BCUT2D eigenvalue weighted by Crippen LogP contribution is 2.28. The van der Waals surface area contributed by atoms with E-state index >= 15 is 0 Å². The lowest BCUT2D eigenvalue weighted by Crippen LogP contribution is -2.29. The zero-order valence-electron chi connectivity index (χ0n) is 17.6. The Morgan fingerprint density at radius 3 is 2.20 bits per heavy atom. The lowest BCUT2D eigenvalue weighted by molar-refractivity contribution is -0.141. The molecule has 0 bridgehead atoms. The molecule has 0 aromatic carbocycles. The summed E-state index contributed by atoms with van der Waals surface area (Å²) in [6.07, 6.45) is -1.33. The van der Waals surface area contributed by atoms with Crippen LogP contribution in [0.4, 0.5) is 13.2 Å². The molecule has 0 aliphatic carbocycles. The van der Waals surface area contributed by atoms with E-state index in [1.807, 2.05) is 13.8 Å². The number of carbonyl (C=O) groups is 1. The molecule has 8 nitrogen and oxygen atoms in total. The van der Waals surface area contributed by atoms with Crippen molar-refractivity contribution in [2.24, 2.45) is 14.1 Å². The van der Waals surface area contributed by atoms with E-state index in [1.54, 1.807) is 44.0 Å². The fraction of sp³-hybridized carbons (Fsp3) is 0.421. The van der Waals surface area contributed by atoms with E-state index in [-0.39, 0.29) is 5.69 Å². The number of amides is 1. The number of nitrogens with one attached hydrogen (secondary N) is 1. The molecule has 3 rings (SSSR count). The summed E-state index contributed by atoms with van der Waals surface area (Å²) >= 11 is 0. The number of rotatable bonds is 4. The van der Waals surface area contributed by atoms with Gasteiger partial charge in [0.15, 0.2) is 5.69 Å². The Hall–Kier alpha value is -3.24. The van der Waals surface area contributed by atoms with Gasteiger partial charge in [0.2, 0.25) is 0 Å². The van der Waals surface area contributed by atoms with E-state index in [9.17, 15) is 18.0 Å². The molecule has 30 heavy (non-hydrogen) atoms. The van der Waals surface area contributed by atoms with Crippen LogP contribution in [0.2, 0.25) is 0 Å². The van der Waals surface area contributed by atoms with E-state index in [0.29, 0.717) is 22.8 Å². The minimum atomic E-state index is -4.62. The Kier molecular flexibility index (Phi) is 6.96. The molecule has 1 atom stereocenters. The molecule has 0 aliphatic heterocycles. The molecule has 1 amide bonds. The first-order valence-corrected chi connectivity index (χ1v) is 9.31. The molecule has 3 aromatic heterocycles. The van der Waals surface area contributed by atoms with E-state index in [0.717, 1.165) is 10.7 Å². The van der Waals surface area contributed by atoms with Crippen molar-refractivity contribution in [3.63, 3.8) is 0 Å². The van der Waals surface area contributed by atoms with Gasteiger partial charge in [-0.3, -0.25) is 14.2 Å². The first-order valence-electron chi connectivity index (χ1n) is 9.31. The van der Waals surface area contributed by atoms with Crippen LogP contribution in [-0.2, 0) is 20.3 Å². The molecule has 0 saturated heterocycles. The van der Waals surface area contributed by atoms with Crippen LogP contribution in [0.1, 0.15) is 54.5 Å². The Balaban J connectivity index is 0.00000155. The summed E-state index contributed by atoms with van der Waals surface area (Å²) < 4.78 is 40.8. The number of hydrogen-bond donors (Lipinski definition) is 1. The van der Waals surface area contributed by atoms with Crippen molar-refractivity contribution in [2.75, 3.05) is 0 Å². The van der Waals surface area contributed by atoms with Gasteiger partial charge in [-0.05, 0) is 19.9 Å². The van der Waals surface area contributed by atoms with Crippen molar-refractivity contribution in [3.8, 4) is 11.3 Å². The van der Waals surface area contributed by atoms with Crippen molar-refractivity contribution in [2.45, 2.75) is 39.9 Å². The summed E-state index contributed by atoms with van der Waals surface area (Å²) in [5, 5.41) is 10.4. The standard InChI is InChI=1S/C17H18F3N7O.C2H6/c1-9(23-16(28)14-6-15(17(18,19)20)25-27(14)4)13-5-12(24-26(13)3)11-7-21-10(2)22-8-11;1-2/h5-9H,1-4H3,(H,23,28);1-2H3. The van der Waals surface area contributed by atoms with Gasteiger partial charge in [0.05, 0.1) is 17.4 Å². The Labute approximate surface area is 172 Å². The third-order valence-electron chi connectivity index (χ3n) is 4.19. The molecule has 3 aromatic rings. The summed E-state index contributed by atoms with van der Waals surface area (Å²) in [4.78, 5) is 20.7. The van der Waals surface area contributed by atoms with Crippen LogP contribution in [0.3, 0.4) is 0 Å². The molecule has 0 spiro atoms.